The summed E-state index contributed by atoms with van der Waals surface area (Å²) < 4.78 is 21.4. The molecule has 0 spiro atoms. The van der Waals surface area contributed by atoms with Crippen molar-refractivity contribution in [2.24, 2.45) is 0 Å². The Morgan fingerprint density at radius 1 is 1.00 bits per heavy atom. The molecule has 0 aromatic carbocycles. The van der Waals surface area contributed by atoms with Crippen molar-refractivity contribution in [3.05, 3.63) is 0 Å². The summed E-state index contributed by atoms with van der Waals surface area (Å²) in [5.74, 6) is 0. The van der Waals surface area contributed by atoms with Gasteiger partial charge in [0.1, 0.15) is 0 Å². The van der Waals surface area contributed by atoms with Gasteiger partial charge in [0.05, 0.1) is 21.0 Å². The van der Waals surface area contributed by atoms with Crippen LogP contribution in [-0.2, 0) is 14.0 Å². The standard InChI is InChI=1S/C8H19O3P/c1-3-10-5-7-12(9)8-6-11-4-2/h12H,3-8H2,1-2H3. The molecule has 0 aliphatic rings. The van der Waals surface area contributed by atoms with Crippen LogP contribution in [0.2, 0.25) is 0 Å². The van der Waals surface area contributed by atoms with Crippen LogP contribution < -0.4 is 0 Å². The quantitative estimate of drug-likeness (QED) is 0.435. The van der Waals surface area contributed by atoms with E-state index < -0.39 is 7.80 Å². The monoisotopic (exact) mass is 194 g/mol. The van der Waals surface area contributed by atoms with Crippen molar-refractivity contribution >= 4 is 7.80 Å². The lowest BCUT2D eigenvalue weighted by molar-refractivity contribution is 0.159. The molecular weight excluding hydrogens is 175 g/mol. The van der Waals surface area contributed by atoms with Crippen LogP contribution in [0.3, 0.4) is 0 Å². The maximum atomic E-state index is 11.2. The molecule has 3 nitrogen and oxygen atoms in total. The number of hydrogen-bond acceptors (Lipinski definition) is 3. The first kappa shape index (κ1) is 12.2. The third-order valence-electron chi connectivity index (χ3n) is 1.46. The zero-order valence-corrected chi connectivity index (χ0v) is 8.97. The summed E-state index contributed by atoms with van der Waals surface area (Å²) in [7, 11) is -1.43. The Morgan fingerprint density at radius 2 is 1.42 bits per heavy atom. The van der Waals surface area contributed by atoms with Gasteiger partial charge in [-0.2, -0.15) is 0 Å². The minimum atomic E-state index is -1.43. The molecule has 0 unspecified atom stereocenters. The molecule has 0 rings (SSSR count). The lowest BCUT2D eigenvalue weighted by atomic mass is 10.8. The summed E-state index contributed by atoms with van der Waals surface area (Å²) in [6.45, 7) is 6.55. The molecule has 0 N–H and O–H groups in total. The average Bonchev–Trinajstić information content (AvgIpc) is 2.06. The van der Waals surface area contributed by atoms with Crippen molar-refractivity contribution in [2.45, 2.75) is 13.8 Å². The van der Waals surface area contributed by atoms with Gasteiger partial charge >= 0.3 is 0 Å². The molecular formula is C8H19O3P. The molecule has 0 aromatic rings. The van der Waals surface area contributed by atoms with Gasteiger partial charge in [0.2, 0.25) is 0 Å². The average molecular weight is 194 g/mol. The van der Waals surface area contributed by atoms with Crippen LogP contribution in [0.4, 0.5) is 0 Å². The zero-order chi connectivity index (χ0) is 9.23. The molecule has 0 aliphatic carbocycles. The van der Waals surface area contributed by atoms with Crippen molar-refractivity contribution in [3.8, 4) is 0 Å². The minimum Gasteiger partial charge on any atom is -0.381 e. The van der Waals surface area contributed by atoms with E-state index in [9.17, 15) is 4.57 Å². The number of hydrogen-bond donors (Lipinski definition) is 0. The van der Waals surface area contributed by atoms with E-state index in [4.69, 9.17) is 9.47 Å². The van der Waals surface area contributed by atoms with Crippen molar-refractivity contribution < 1.29 is 14.0 Å². The Morgan fingerprint density at radius 3 is 1.75 bits per heavy atom. The highest BCUT2D eigenvalue weighted by molar-refractivity contribution is 7.44. The third kappa shape index (κ3) is 8.25. The largest absolute Gasteiger partial charge is 0.381 e. The van der Waals surface area contributed by atoms with Crippen molar-refractivity contribution in [1.82, 2.24) is 0 Å². The highest BCUT2D eigenvalue weighted by Crippen LogP contribution is 2.18. The molecule has 0 saturated carbocycles. The highest BCUT2D eigenvalue weighted by Gasteiger charge is 1.98. The predicted octanol–water partition coefficient (Wildman–Crippen LogP) is 1.62. The zero-order valence-electron chi connectivity index (χ0n) is 7.97. The van der Waals surface area contributed by atoms with Crippen LogP contribution >= 0.6 is 7.80 Å². The fourth-order valence-electron chi connectivity index (χ4n) is 0.786. The molecule has 0 atom stereocenters. The second kappa shape index (κ2) is 9.24. The summed E-state index contributed by atoms with van der Waals surface area (Å²) >= 11 is 0. The Balaban J connectivity index is 3.10. The van der Waals surface area contributed by atoms with E-state index in [0.717, 1.165) is 0 Å². The molecule has 4 heteroatoms. The van der Waals surface area contributed by atoms with E-state index in [1.165, 1.54) is 0 Å². The van der Waals surface area contributed by atoms with Crippen LogP contribution in [0.5, 0.6) is 0 Å². The van der Waals surface area contributed by atoms with E-state index in [0.29, 0.717) is 38.8 Å². The van der Waals surface area contributed by atoms with Gasteiger partial charge in [-0.25, -0.2) is 0 Å². The molecule has 74 valence electrons. The Bertz CT molecular complexity index is 105. The van der Waals surface area contributed by atoms with Crippen molar-refractivity contribution in [2.75, 3.05) is 38.8 Å². The molecule has 0 amide bonds. The van der Waals surface area contributed by atoms with E-state index in [1.54, 1.807) is 0 Å². The maximum Gasteiger partial charge on any atom is 0.0807 e. The lowest BCUT2D eigenvalue weighted by Crippen LogP contribution is -2.01. The van der Waals surface area contributed by atoms with Crippen molar-refractivity contribution in [1.29, 1.82) is 0 Å². The molecule has 0 heterocycles. The summed E-state index contributed by atoms with van der Waals surface area (Å²) in [6.07, 6.45) is 1.40. The van der Waals surface area contributed by atoms with Gasteiger partial charge in [0.25, 0.3) is 0 Å². The molecule has 0 aromatic heterocycles. The van der Waals surface area contributed by atoms with E-state index in [2.05, 4.69) is 0 Å². The maximum absolute atomic E-state index is 11.2. The minimum absolute atomic E-state index is 0.625. The van der Waals surface area contributed by atoms with Crippen LogP contribution in [0.1, 0.15) is 13.8 Å². The second-order valence-electron chi connectivity index (χ2n) is 2.43. The predicted molar refractivity (Wildman–Crippen MR) is 51.7 cm³/mol. The highest BCUT2D eigenvalue weighted by atomic mass is 31.1. The fraction of sp³-hybridized carbons (Fsp3) is 1.00. The summed E-state index contributed by atoms with van der Waals surface area (Å²) in [5, 5.41) is 0. The second-order valence-corrected chi connectivity index (χ2v) is 4.51. The number of ether oxygens (including phenoxy) is 2. The molecule has 0 aliphatic heterocycles. The van der Waals surface area contributed by atoms with Gasteiger partial charge in [-0.15, -0.1) is 0 Å². The number of rotatable bonds is 8. The first-order chi connectivity index (χ1) is 5.81. The topological polar surface area (TPSA) is 35.5 Å². The van der Waals surface area contributed by atoms with E-state index in [-0.39, 0.29) is 0 Å². The van der Waals surface area contributed by atoms with Gasteiger partial charge < -0.3 is 14.0 Å². The summed E-state index contributed by atoms with van der Waals surface area (Å²) in [5.41, 5.74) is 0. The Hall–Kier alpha value is 0.150. The smallest absolute Gasteiger partial charge is 0.0807 e. The SMILES string of the molecule is CCOCC[PH](=O)CCOCC. The van der Waals surface area contributed by atoms with Crippen LogP contribution in [0, 0.1) is 0 Å². The third-order valence-corrected chi connectivity index (χ3v) is 2.98. The lowest BCUT2D eigenvalue weighted by Gasteiger charge is -2.02. The van der Waals surface area contributed by atoms with Gasteiger partial charge in [-0.3, -0.25) is 0 Å². The van der Waals surface area contributed by atoms with E-state index in [1.807, 2.05) is 13.8 Å². The molecule has 0 bridgehead atoms. The normalized spacial score (nSPS) is 10.9. The molecule has 0 saturated heterocycles. The summed E-state index contributed by atoms with van der Waals surface area (Å²) in [4.78, 5) is 0. The molecule has 0 fully saturated rings. The van der Waals surface area contributed by atoms with Gasteiger partial charge in [-0.05, 0) is 13.8 Å². The van der Waals surface area contributed by atoms with Gasteiger partial charge in [0.15, 0.2) is 0 Å². The van der Waals surface area contributed by atoms with Gasteiger partial charge in [0, 0.05) is 25.5 Å². The van der Waals surface area contributed by atoms with Crippen LogP contribution in [0.25, 0.3) is 0 Å². The molecule has 0 radical (unpaired) electrons. The fourth-order valence-corrected chi connectivity index (χ4v) is 1.78. The van der Waals surface area contributed by atoms with Crippen molar-refractivity contribution in [3.63, 3.8) is 0 Å². The van der Waals surface area contributed by atoms with Crippen LogP contribution in [-0.4, -0.2) is 38.8 Å². The summed E-state index contributed by atoms with van der Waals surface area (Å²) in [6, 6.07) is 0. The van der Waals surface area contributed by atoms with Gasteiger partial charge in [-0.1, -0.05) is 0 Å². The van der Waals surface area contributed by atoms with E-state index >= 15 is 0 Å². The van der Waals surface area contributed by atoms with Crippen LogP contribution in [0.15, 0.2) is 0 Å². The Kier molecular flexibility index (Phi) is 9.36. The first-order valence-electron chi connectivity index (χ1n) is 4.48. The first-order valence-corrected chi connectivity index (χ1v) is 6.30. The molecule has 12 heavy (non-hydrogen) atoms. The Labute approximate surface area is 75.2 Å².